The molecule has 0 amide bonds. The fourth-order valence-electron chi connectivity index (χ4n) is 3.98. The smallest absolute Gasteiger partial charge is 0.320 e. The van der Waals surface area contributed by atoms with Gasteiger partial charge in [-0.3, -0.25) is 19.2 Å². The van der Waals surface area contributed by atoms with Gasteiger partial charge in [0.2, 0.25) is 0 Å². The van der Waals surface area contributed by atoms with Gasteiger partial charge in [0, 0.05) is 13.3 Å². The molecule has 2 unspecified atom stereocenters. The second-order valence-corrected chi connectivity index (χ2v) is 10.1. The zero-order valence-corrected chi connectivity index (χ0v) is 21.7. The van der Waals surface area contributed by atoms with E-state index in [1.54, 1.807) is 20.8 Å². The number of ketones is 1. The van der Waals surface area contributed by atoms with E-state index < -0.39 is 23.0 Å². The molecule has 0 aromatic carbocycles. The van der Waals surface area contributed by atoms with Crippen LogP contribution in [0.4, 0.5) is 0 Å². The van der Waals surface area contributed by atoms with E-state index in [1.165, 1.54) is 13.8 Å². The molecule has 0 aliphatic heterocycles. The zero-order valence-electron chi connectivity index (χ0n) is 21.7. The number of hydrogen-bond donors (Lipinski definition) is 1. The number of aliphatic carboxylic acids is 1. The van der Waals surface area contributed by atoms with Crippen molar-refractivity contribution in [2.45, 2.75) is 137 Å². The second-order valence-electron chi connectivity index (χ2n) is 10.1. The number of rotatable bonds is 18. The quantitative estimate of drug-likeness (QED) is 0.148. The number of esters is 2. The maximum absolute atomic E-state index is 13.2. The second kappa shape index (κ2) is 15.8. The monoisotopic (exact) mass is 470 g/mol. The summed E-state index contributed by atoms with van der Waals surface area (Å²) in [6, 6.07) is 0. The first-order valence-electron chi connectivity index (χ1n) is 12.5. The highest BCUT2D eigenvalue weighted by Gasteiger charge is 2.45. The molecule has 0 radical (unpaired) electrons. The predicted octanol–water partition coefficient (Wildman–Crippen LogP) is 6.01. The third kappa shape index (κ3) is 14.1. The Kier molecular flexibility index (Phi) is 14.9. The highest BCUT2D eigenvalue weighted by atomic mass is 16.6. The average Bonchev–Trinajstić information content (AvgIpc) is 2.67. The van der Waals surface area contributed by atoms with E-state index in [-0.39, 0.29) is 24.3 Å². The lowest BCUT2D eigenvalue weighted by atomic mass is 9.74. The molecule has 0 fully saturated rings. The number of Topliss-reactive ketones (excluding diaryl/α,β-unsaturated/α-hetero) is 1. The van der Waals surface area contributed by atoms with Gasteiger partial charge < -0.3 is 14.6 Å². The van der Waals surface area contributed by atoms with E-state index in [1.807, 2.05) is 0 Å². The largest absolute Gasteiger partial charge is 0.481 e. The number of carboxylic acids is 1. The van der Waals surface area contributed by atoms with Gasteiger partial charge in [-0.2, -0.15) is 0 Å². The molecule has 7 nitrogen and oxygen atoms in total. The van der Waals surface area contributed by atoms with Crippen molar-refractivity contribution in [2.24, 2.45) is 5.41 Å². The molecule has 0 bridgehead atoms. The maximum Gasteiger partial charge on any atom is 0.320 e. The molecule has 33 heavy (non-hydrogen) atoms. The molecule has 0 aromatic heterocycles. The molecule has 0 heterocycles. The van der Waals surface area contributed by atoms with E-state index in [2.05, 4.69) is 6.92 Å². The Bertz CT molecular complexity index is 621. The van der Waals surface area contributed by atoms with E-state index in [9.17, 15) is 19.2 Å². The van der Waals surface area contributed by atoms with E-state index >= 15 is 0 Å². The number of carbonyl (C=O) groups is 4. The first-order valence-corrected chi connectivity index (χ1v) is 12.5. The van der Waals surface area contributed by atoms with Crippen molar-refractivity contribution in [3.8, 4) is 0 Å². The third-order valence-corrected chi connectivity index (χ3v) is 5.80. The highest BCUT2D eigenvalue weighted by molar-refractivity contribution is 6.02. The lowest BCUT2D eigenvalue weighted by Crippen LogP contribution is -2.43. The summed E-state index contributed by atoms with van der Waals surface area (Å²) >= 11 is 0. The Morgan fingerprint density at radius 1 is 0.818 bits per heavy atom. The molecule has 7 heteroatoms. The van der Waals surface area contributed by atoms with Crippen LogP contribution < -0.4 is 0 Å². The summed E-state index contributed by atoms with van der Waals surface area (Å²) in [4.78, 5) is 48.0. The summed E-state index contributed by atoms with van der Waals surface area (Å²) in [5.74, 6) is -1.76. The first kappa shape index (κ1) is 31.1. The van der Waals surface area contributed by atoms with E-state index in [0.29, 0.717) is 38.5 Å². The van der Waals surface area contributed by atoms with Crippen molar-refractivity contribution in [1.82, 2.24) is 0 Å². The van der Waals surface area contributed by atoms with Crippen LogP contribution in [0.1, 0.15) is 125 Å². The molecule has 0 aliphatic rings. The van der Waals surface area contributed by atoms with Crippen molar-refractivity contribution in [3.63, 3.8) is 0 Å². The fraction of sp³-hybridized carbons (Fsp3) is 0.846. The predicted molar refractivity (Wildman–Crippen MR) is 128 cm³/mol. The summed E-state index contributed by atoms with van der Waals surface area (Å²) in [6.45, 7) is 10.3. The average molecular weight is 471 g/mol. The van der Waals surface area contributed by atoms with Crippen LogP contribution in [-0.4, -0.2) is 40.5 Å². The van der Waals surface area contributed by atoms with E-state index in [0.717, 1.165) is 38.5 Å². The summed E-state index contributed by atoms with van der Waals surface area (Å²) < 4.78 is 11.1. The van der Waals surface area contributed by atoms with Crippen LogP contribution in [0, 0.1) is 5.41 Å². The molecule has 2 atom stereocenters. The minimum atomic E-state index is -1.19. The molecule has 0 saturated heterocycles. The van der Waals surface area contributed by atoms with Gasteiger partial charge in [-0.25, -0.2) is 0 Å². The van der Waals surface area contributed by atoms with Gasteiger partial charge in [-0.1, -0.05) is 45.4 Å². The molecule has 0 aromatic rings. The Hall–Kier alpha value is -1.92. The van der Waals surface area contributed by atoms with Gasteiger partial charge >= 0.3 is 17.9 Å². The Morgan fingerprint density at radius 3 is 1.85 bits per heavy atom. The SMILES string of the molecule is CCCCC(CCCCC(CCCCCCC(=O)O)(C(C)=O)C(=O)OC(C)(C)C)OC(C)=O. The lowest BCUT2D eigenvalue weighted by molar-refractivity contribution is -0.171. The van der Waals surface area contributed by atoms with Crippen LogP contribution >= 0.6 is 0 Å². The standard InChI is InChI=1S/C26H46O7/c1-7-8-15-22(32-21(3)28)16-12-14-19-26(20(2)27,24(31)33-25(4,5)6)18-13-10-9-11-17-23(29)30/h22H,7-19H2,1-6H3,(H,29,30). The van der Waals surface area contributed by atoms with Crippen molar-refractivity contribution in [1.29, 1.82) is 0 Å². The van der Waals surface area contributed by atoms with Gasteiger partial charge in [-0.05, 0) is 66.2 Å². The number of hydrogen-bond acceptors (Lipinski definition) is 6. The molecule has 1 N–H and O–H groups in total. The zero-order chi connectivity index (χ0) is 25.5. The highest BCUT2D eigenvalue weighted by Crippen LogP contribution is 2.36. The molecule has 0 saturated carbocycles. The Labute approximate surface area is 200 Å². The van der Waals surface area contributed by atoms with Gasteiger partial charge in [0.25, 0.3) is 0 Å². The van der Waals surface area contributed by atoms with E-state index in [4.69, 9.17) is 14.6 Å². The fourth-order valence-corrected chi connectivity index (χ4v) is 3.98. The van der Waals surface area contributed by atoms with Gasteiger partial charge in [0.15, 0.2) is 0 Å². The number of carboxylic acid groups (broad SMARTS) is 1. The summed E-state index contributed by atoms with van der Waals surface area (Å²) in [5.41, 5.74) is -1.89. The van der Waals surface area contributed by atoms with Crippen molar-refractivity contribution >= 4 is 23.7 Å². The van der Waals surface area contributed by atoms with Crippen LogP contribution in [0.15, 0.2) is 0 Å². The number of carbonyl (C=O) groups excluding carboxylic acids is 3. The number of unbranched alkanes of at least 4 members (excludes halogenated alkanes) is 5. The summed E-state index contributed by atoms with van der Waals surface area (Å²) in [5, 5.41) is 8.77. The van der Waals surface area contributed by atoms with Crippen LogP contribution in [0.5, 0.6) is 0 Å². The minimum absolute atomic E-state index is 0.130. The number of ether oxygens (including phenoxy) is 2. The van der Waals surface area contributed by atoms with Gasteiger partial charge in [0.05, 0.1) is 0 Å². The van der Waals surface area contributed by atoms with Gasteiger partial charge in [-0.15, -0.1) is 0 Å². The van der Waals surface area contributed by atoms with Crippen molar-refractivity contribution < 1.29 is 33.8 Å². The first-order chi connectivity index (χ1) is 15.3. The van der Waals surface area contributed by atoms with Crippen LogP contribution in [-0.2, 0) is 28.7 Å². The topological polar surface area (TPSA) is 107 Å². The lowest BCUT2D eigenvalue weighted by Gasteiger charge is -2.33. The van der Waals surface area contributed by atoms with Crippen LogP contribution in [0.3, 0.4) is 0 Å². The Morgan fingerprint density at radius 2 is 1.36 bits per heavy atom. The summed E-state index contributed by atoms with van der Waals surface area (Å²) in [7, 11) is 0. The maximum atomic E-state index is 13.2. The Balaban J connectivity index is 5.14. The van der Waals surface area contributed by atoms with Crippen LogP contribution in [0.2, 0.25) is 0 Å². The molecule has 192 valence electrons. The van der Waals surface area contributed by atoms with Gasteiger partial charge in [0.1, 0.15) is 22.9 Å². The summed E-state index contributed by atoms with van der Waals surface area (Å²) in [6.07, 6.45) is 8.47. The molecule has 0 spiro atoms. The molecule has 0 aliphatic carbocycles. The van der Waals surface area contributed by atoms with Crippen LogP contribution in [0.25, 0.3) is 0 Å². The molecular formula is C26H46O7. The van der Waals surface area contributed by atoms with Crippen molar-refractivity contribution in [2.75, 3.05) is 0 Å². The molecular weight excluding hydrogens is 424 g/mol. The normalized spacial score (nSPS) is 14.2. The molecule has 0 rings (SSSR count). The third-order valence-electron chi connectivity index (χ3n) is 5.80. The minimum Gasteiger partial charge on any atom is -0.481 e. The van der Waals surface area contributed by atoms with Crippen molar-refractivity contribution in [3.05, 3.63) is 0 Å².